The van der Waals surface area contributed by atoms with Crippen LogP contribution >= 0.6 is 0 Å². The van der Waals surface area contributed by atoms with Crippen molar-refractivity contribution >= 4 is 0 Å². The van der Waals surface area contributed by atoms with Gasteiger partial charge in [-0.05, 0) is 54.9 Å². The quantitative estimate of drug-likeness (QED) is 0.880. The third kappa shape index (κ3) is 2.39. The van der Waals surface area contributed by atoms with Crippen LogP contribution in [-0.4, -0.2) is 19.2 Å². The minimum Gasteiger partial charge on any atom is -0.497 e. The molecule has 2 heteroatoms. The SMILES string of the molecule is CCC1CC1NC1CCc2ccc(OC)cc2C1. The van der Waals surface area contributed by atoms with Gasteiger partial charge in [-0.3, -0.25) is 0 Å². The molecule has 0 heterocycles. The molecule has 18 heavy (non-hydrogen) atoms. The Morgan fingerprint density at radius 1 is 1.33 bits per heavy atom. The van der Waals surface area contributed by atoms with E-state index in [0.717, 1.165) is 17.7 Å². The van der Waals surface area contributed by atoms with Gasteiger partial charge in [-0.1, -0.05) is 19.4 Å². The molecule has 3 atom stereocenters. The number of rotatable bonds is 4. The van der Waals surface area contributed by atoms with Gasteiger partial charge in [-0.25, -0.2) is 0 Å². The number of ether oxygens (including phenoxy) is 1. The fraction of sp³-hybridized carbons (Fsp3) is 0.625. The van der Waals surface area contributed by atoms with E-state index in [9.17, 15) is 0 Å². The van der Waals surface area contributed by atoms with Crippen molar-refractivity contribution in [3.63, 3.8) is 0 Å². The molecule has 0 saturated heterocycles. The van der Waals surface area contributed by atoms with Crippen LogP contribution in [0.15, 0.2) is 18.2 Å². The zero-order chi connectivity index (χ0) is 12.5. The molecule has 0 radical (unpaired) electrons. The van der Waals surface area contributed by atoms with Crippen LogP contribution in [0.2, 0.25) is 0 Å². The van der Waals surface area contributed by atoms with Crippen molar-refractivity contribution in [3.05, 3.63) is 29.3 Å². The van der Waals surface area contributed by atoms with Gasteiger partial charge in [0.25, 0.3) is 0 Å². The highest BCUT2D eigenvalue weighted by Gasteiger charge is 2.36. The topological polar surface area (TPSA) is 21.3 Å². The van der Waals surface area contributed by atoms with Crippen LogP contribution in [0.5, 0.6) is 5.75 Å². The summed E-state index contributed by atoms with van der Waals surface area (Å²) in [5, 5.41) is 3.83. The molecule has 2 aliphatic carbocycles. The standard InChI is InChI=1S/C16H23NO/c1-3-11-10-16(11)17-14-6-4-12-5-7-15(18-2)9-13(12)8-14/h5,7,9,11,14,16-17H,3-4,6,8,10H2,1-2H3. The van der Waals surface area contributed by atoms with Gasteiger partial charge in [0.1, 0.15) is 5.75 Å². The Hall–Kier alpha value is -1.02. The van der Waals surface area contributed by atoms with Gasteiger partial charge in [-0.2, -0.15) is 0 Å². The van der Waals surface area contributed by atoms with Gasteiger partial charge in [0.15, 0.2) is 0 Å². The van der Waals surface area contributed by atoms with Crippen LogP contribution in [0, 0.1) is 5.92 Å². The molecule has 0 bridgehead atoms. The zero-order valence-corrected chi connectivity index (χ0v) is 11.4. The first-order valence-electron chi connectivity index (χ1n) is 7.22. The summed E-state index contributed by atoms with van der Waals surface area (Å²) in [4.78, 5) is 0. The van der Waals surface area contributed by atoms with Crippen molar-refractivity contribution in [2.75, 3.05) is 7.11 Å². The summed E-state index contributed by atoms with van der Waals surface area (Å²) in [7, 11) is 1.75. The second-order valence-corrected chi connectivity index (χ2v) is 5.75. The van der Waals surface area contributed by atoms with E-state index in [1.807, 2.05) is 0 Å². The zero-order valence-electron chi connectivity index (χ0n) is 11.4. The third-order valence-electron chi connectivity index (χ3n) is 4.54. The second kappa shape index (κ2) is 4.93. The first-order valence-corrected chi connectivity index (χ1v) is 7.22. The number of fused-ring (bicyclic) bond motifs is 1. The lowest BCUT2D eigenvalue weighted by molar-refractivity contribution is 0.410. The van der Waals surface area contributed by atoms with E-state index in [4.69, 9.17) is 4.74 Å². The Balaban J connectivity index is 1.64. The maximum atomic E-state index is 5.32. The predicted molar refractivity (Wildman–Crippen MR) is 74.1 cm³/mol. The van der Waals surface area contributed by atoms with E-state index in [2.05, 4.69) is 30.4 Å². The maximum Gasteiger partial charge on any atom is 0.119 e. The molecular formula is C16H23NO. The van der Waals surface area contributed by atoms with Crippen LogP contribution < -0.4 is 10.1 Å². The Kier molecular flexibility index (Phi) is 3.29. The molecule has 0 aliphatic heterocycles. The number of benzene rings is 1. The predicted octanol–water partition coefficient (Wildman–Crippen LogP) is 2.94. The first-order chi connectivity index (χ1) is 8.80. The highest BCUT2D eigenvalue weighted by molar-refractivity contribution is 5.38. The number of hydrogen-bond donors (Lipinski definition) is 1. The Bertz CT molecular complexity index is 429. The van der Waals surface area contributed by atoms with E-state index in [-0.39, 0.29) is 0 Å². The van der Waals surface area contributed by atoms with Crippen molar-refractivity contribution in [2.24, 2.45) is 5.92 Å². The molecule has 0 amide bonds. The van der Waals surface area contributed by atoms with E-state index in [1.165, 1.54) is 43.2 Å². The summed E-state index contributed by atoms with van der Waals surface area (Å²) in [6.45, 7) is 2.30. The van der Waals surface area contributed by atoms with Gasteiger partial charge in [0.05, 0.1) is 7.11 Å². The normalized spacial score (nSPS) is 29.8. The fourth-order valence-electron chi connectivity index (χ4n) is 3.21. The minimum absolute atomic E-state index is 0.672. The van der Waals surface area contributed by atoms with Crippen molar-refractivity contribution in [2.45, 2.75) is 51.1 Å². The van der Waals surface area contributed by atoms with Crippen molar-refractivity contribution in [1.82, 2.24) is 5.32 Å². The minimum atomic E-state index is 0.672. The van der Waals surface area contributed by atoms with Crippen LogP contribution in [0.3, 0.4) is 0 Å². The lowest BCUT2D eigenvalue weighted by atomic mass is 9.88. The molecule has 1 saturated carbocycles. The summed E-state index contributed by atoms with van der Waals surface area (Å²) < 4.78 is 5.32. The van der Waals surface area contributed by atoms with E-state index in [0.29, 0.717) is 6.04 Å². The smallest absolute Gasteiger partial charge is 0.119 e. The summed E-state index contributed by atoms with van der Waals surface area (Å²) in [6, 6.07) is 8.00. The number of methoxy groups -OCH3 is 1. The van der Waals surface area contributed by atoms with Crippen molar-refractivity contribution in [1.29, 1.82) is 0 Å². The Labute approximate surface area is 110 Å². The largest absolute Gasteiger partial charge is 0.497 e. The number of nitrogens with one attached hydrogen (secondary N) is 1. The molecular weight excluding hydrogens is 222 g/mol. The lowest BCUT2D eigenvalue weighted by Gasteiger charge is -2.26. The second-order valence-electron chi connectivity index (χ2n) is 5.75. The lowest BCUT2D eigenvalue weighted by Crippen LogP contribution is -2.36. The van der Waals surface area contributed by atoms with Gasteiger partial charge < -0.3 is 10.1 Å². The third-order valence-corrected chi connectivity index (χ3v) is 4.54. The Morgan fingerprint density at radius 3 is 2.94 bits per heavy atom. The molecule has 0 aromatic heterocycles. The fourth-order valence-corrected chi connectivity index (χ4v) is 3.21. The van der Waals surface area contributed by atoms with Gasteiger partial charge in [0.2, 0.25) is 0 Å². The number of aryl methyl sites for hydroxylation is 1. The van der Waals surface area contributed by atoms with Crippen LogP contribution in [0.1, 0.15) is 37.3 Å². The molecule has 98 valence electrons. The van der Waals surface area contributed by atoms with Gasteiger partial charge in [0, 0.05) is 12.1 Å². The molecule has 1 N–H and O–H groups in total. The summed E-state index contributed by atoms with van der Waals surface area (Å²) in [5.41, 5.74) is 2.99. The highest BCUT2D eigenvalue weighted by atomic mass is 16.5. The molecule has 0 spiro atoms. The first kappa shape index (κ1) is 12.0. The van der Waals surface area contributed by atoms with Gasteiger partial charge >= 0.3 is 0 Å². The Morgan fingerprint density at radius 2 is 2.22 bits per heavy atom. The van der Waals surface area contributed by atoms with E-state index >= 15 is 0 Å². The summed E-state index contributed by atoms with van der Waals surface area (Å²) in [5.74, 6) is 1.93. The molecule has 1 aromatic rings. The molecule has 2 nitrogen and oxygen atoms in total. The average molecular weight is 245 g/mol. The average Bonchev–Trinajstić information content (AvgIpc) is 3.16. The summed E-state index contributed by atoms with van der Waals surface area (Å²) >= 11 is 0. The monoisotopic (exact) mass is 245 g/mol. The van der Waals surface area contributed by atoms with Crippen molar-refractivity contribution in [3.8, 4) is 5.75 Å². The van der Waals surface area contributed by atoms with Crippen molar-refractivity contribution < 1.29 is 4.74 Å². The molecule has 1 aromatic carbocycles. The molecule has 3 unspecified atom stereocenters. The number of hydrogen-bond acceptors (Lipinski definition) is 2. The molecule has 3 rings (SSSR count). The highest BCUT2D eigenvalue weighted by Crippen LogP contribution is 2.35. The molecule has 1 fully saturated rings. The van der Waals surface area contributed by atoms with Crippen LogP contribution in [-0.2, 0) is 12.8 Å². The molecule has 2 aliphatic rings. The van der Waals surface area contributed by atoms with Crippen LogP contribution in [0.4, 0.5) is 0 Å². The van der Waals surface area contributed by atoms with Gasteiger partial charge in [-0.15, -0.1) is 0 Å². The van der Waals surface area contributed by atoms with Crippen LogP contribution in [0.25, 0.3) is 0 Å². The maximum absolute atomic E-state index is 5.32. The van der Waals surface area contributed by atoms with E-state index in [1.54, 1.807) is 7.11 Å². The van der Waals surface area contributed by atoms with E-state index < -0.39 is 0 Å². The summed E-state index contributed by atoms with van der Waals surface area (Å²) in [6.07, 6.45) is 6.37.